The molecule has 0 aliphatic heterocycles. The Balaban J connectivity index is 1.99. The van der Waals surface area contributed by atoms with Crippen LogP contribution in [0.1, 0.15) is 41.6 Å². The van der Waals surface area contributed by atoms with E-state index in [2.05, 4.69) is 29.4 Å². The molecule has 2 aromatic rings. The predicted octanol–water partition coefficient (Wildman–Crippen LogP) is 2.55. The Morgan fingerprint density at radius 2 is 2.20 bits per heavy atom. The minimum Gasteiger partial charge on any atom is -0.493 e. The SMILES string of the molecule is COc1cnn(C)c1C(N)C1CCCc2ccccc21. The minimum atomic E-state index is -0.0844. The molecule has 20 heavy (non-hydrogen) atoms. The monoisotopic (exact) mass is 271 g/mol. The number of hydrogen-bond acceptors (Lipinski definition) is 3. The molecule has 0 amide bonds. The van der Waals surface area contributed by atoms with Crippen LogP contribution in [-0.2, 0) is 13.5 Å². The summed E-state index contributed by atoms with van der Waals surface area (Å²) in [5.41, 5.74) is 10.4. The highest BCUT2D eigenvalue weighted by Crippen LogP contribution is 2.41. The van der Waals surface area contributed by atoms with E-state index in [4.69, 9.17) is 10.5 Å². The van der Waals surface area contributed by atoms with Crippen LogP contribution in [0.3, 0.4) is 0 Å². The molecule has 106 valence electrons. The van der Waals surface area contributed by atoms with Crippen LogP contribution >= 0.6 is 0 Å². The van der Waals surface area contributed by atoms with Crippen LogP contribution in [0.4, 0.5) is 0 Å². The molecule has 0 spiro atoms. The first-order valence-electron chi connectivity index (χ1n) is 7.11. The van der Waals surface area contributed by atoms with Crippen molar-refractivity contribution in [3.63, 3.8) is 0 Å². The van der Waals surface area contributed by atoms with E-state index in [1.54, 1.807) is 13.3 Å². The lowest BCUT2D eigenvalue weighted by Crippen LogP contribution is -2.26. The maximum Gasteiger partial charge on any atom is 0.161 e. The molecule has 1 aliphatic carbocycles. The van der Waals surface area contributed by atoms with Gasteiger partial charge in [-0.05, 0) is 30.4 Å². The predicted molar refractivity (Wildman–Crippen MR) is 78.8 cm³/mol. The number of methoxy groups -OCH3 is 1. The van der Waals surface area contributed by atoms with Crippen molar-refractivity contribution in [2.24, 2.45) is 12.8 Å². The zero-order valence-electron chi connectivity index (χ0n) is 12.0. The van der Waals surface area contributed by atoms with E-state index in [1.165, 1.54) is 17.5 Å². The van der Waals surface area contributed by atoms with Crippen molar-refractivity contribution in [1.82, 2.24) is 9.78 Å². The second kappa shape index (κ2) is 5.29. The number of nitrogens with two attached hydrogens (primary N) is 1. The molecular formula is C16H21N3O. The Kier molecular flexibility index (Phi) is 3.49. The van der Waals surface area contributed by atoms with Crippen molar-refractivity contribution < 1.29 is 4.74 Å². The third-order valence-corrected chi connectivity index (χ3v) is 4.33. The lowest BCUT2D eigenvalue weighted by Gasteiger charge is -2.30. The molecule has 0 radical (unpaired) electrons. The van der Waals surface area contributed by atoms with E-state index < -0.39 is 0 Å². The summed E-state index contributed by atoms with van der Waals surface area (Å²) < 4.78 is 7.24. The summed E-state index contributed by atoms with van der Waals surface area (Å²) >= 11 is 0. The van der Waals surface area contributed by atoms with Gasteiger partial charge in [0, 0.05) is 13.0 Å². The van der Waals surface area contributed by atoms with Gasteiger partial charge in [-0.2, -0.15) is 5.10 Å². The largest absolute Gasteiger partial charge is 0.493 e. The Morgan fingerprint density at radius 1 is 1.40 bits per heavy atom. The number of fused-ring (bicyclic) bond motifs is 1. The molecule has 0 saturated heterocycles. The lowest BCUT2D eigenvalue weighted by molar-refractivity contribution is 0.388. The number of aryl methyl sites for hydroxylation is 2. The summed E-state index contributed by atoms with van der Waals surface area (Å²) in [6.45, 7) is 0. The van der Waals surface area contributed by atoms with Crippen molar-refractivity contribution in [2.75, 3.05) is 7.11 Å². The minimum absolute atomic E-state index is 0.0844. The van der Waals surface area contributed by atoms with Gasteiger partial charge in [-0.1, -0.05) is 24.3 Å². The average Bonchev–Trinajstić information content (AvgIpc) is 2.87. The van der Waals surface area contributed by atoms with E-state index >= 15 is 0 Å². The summed E-state index contributed by atoms with van der Waals surface area (Å²) in [5.74, 6) is 1.12. The molecule has 1 heterocycles. The van der Waals surface area contributed by atoms with Crippen LogP contribution in [0.15, 0.2) is 30.5 Å². The van der Waals surface area contributed by atoms with Gasteiger partial charge in [0.15, 0.2) is 5.75 Å². The second-order valence-corrected chi connectivity index (χ2v) is 5.45. The average molecular weight is 271 g/mol. The van der Waals surface area contributed by atoms with Crippen molar-refractivity contribution >= 4 is 0 Å². The first-order valence-corrected chi connectivity index (χ1v) is 7.11. The van der Waals surface area contributed by atoms with E-state index in [0.717, 1.165) is 24.3 Å². The number of benzene rings is 1. The number of nitrogens with zero attached hydrogens (tertiary/aromatic N) is 2. The van der Waals surface area contributed by atoms with Gasteiger partial charge in [-0.15, -0.1) is 0 Å². The van der Waals surface area contributed by atoms with Crippen LogP contribution in [-0.4, -0.2) is 16.9 Å². The molecule has 1 aromatic carbocycles. The van der Waals surface area contributed by atoms with Gasteiger partial charge in [-0.3, -0.25) is 4.68 Å². The fourth-order valence-electron chi connectivity index (χ4n) is 3.32. The summed E-state index contributed by atoms with van der Waals surface area (Å²) in [4.78, 5) is 0. The molecule has 0 saturated carbocycles. The van der Waals surface area contributed by atoms with E-state index in [-0.39, 0.29) is 6.04 Å². The molecule has 4 heteroatoms. The number of hydrogen-bond donors (Lipinski definition) is 1. The van der Waals surface area contributed by atoms with E-state index in [1.807, 2.05) is 11.7 Å². The van der Waals surface area contributed by atoms with Crippen LogP contribution in [0.2, 0.25) is 0 Å². The molecule has 2 unspecified atom stereocenters. The van der Waals surface area contributed by atoms with Crippen LogP contribution in [0, 0.1) is 0 Å². The van der Waals surface area contributed by atoms with Gasteiger partial charge in [0.05, 0.1) is 25.0 Å². The second-order valence-electron chi connectivity index (χ2n) is 5.45. The van der Waals surface area contributed by atoms with Crippen LogP contribution in [0.5, 0.6) is 5.75 Å². The number of rotatable bonds is 3. The maximum atomic E-state index is 6.57. The fourth-order valence-corrected chi connectivity index (χ4v) is 3.32. The molecule has 3 rings (SSSR count). The molecule has 4 nitrogen and oxygen atoms in total. The third-order valence-electron chi connectivity index (χ3n) is 4.33. The van der Waals surface area contributed by atoms with Gasteiger partial charge >= 0.3 is 0 Å². The summed E-state index contributed by atoms with van der Waals surface area (Å²) in [6.07, 6.45) is 5.20. The van der Waals surface area contributed by atoms with Crippen LogP contribution < -0.4 is 10.5 Å². The van der Waals surface area contributed by atoms with Gasteiger partial charge < -0.3 is 10.5 Å². The molecule has 1 aliphatic rings. The zero-order valence-corrected chi connectivity index (χ0v) is 12.0. The Labute approximate surface area is 119 Å². The standard InChI is InChI=1S/C16H21N3O/c1-19-16(14(20-2)10-18-19)15(17)13-9-5-7-11-6-3-4-8-12(11)13/h3-4,6,8,10,13,15H,5,7,9,17H2,1-2H3. The highest BCUT2D eigenvalue weighted by Gasteiger charge is 2.30. The summed E-state index contributed by atoms with van der Waals surface area (Å²) in [6, 6.07) is 8.55. The molecule has 0 bridgehead atoms. The normalized spacial score (nSPS) is 19.4. The van der Waals surface area contributed by atoms with Crippen LogP contribution in [0.25, 0.3) is 0 Å². The summed E-state index contributed by atoms with van der Waals surface area (Å²) in [7, 11) is 3.59. The van der Waals surface area contributed by atoms with E-state index in [9.17, 15) is 0 Å². The lowest BCUT2D eigenvalue weighted by atomic mass is 9.78. The van der Waals surface area contributed by atoms with Gasteiger partial charge in [0.25, 0.3) is 0 Å². The number of ether oxygens (including phenoxy) is 1. The fraction of sp³-hybridized carbons (Fsp3) is 0.438. The summed E-state index contributed by atoms with van der Waals surface area (Å²) in [5, 5.41) is 4.27. The molecule has 2 N–H and O–H groups in total. The highest BCUT2D eigenvalue weighted by atomic mass is 16.5. The third kappa shape index (κ3) is 2.10. The van der Waals surface area contributed by atoms with E-state index in [0.29, 0.717) is 5.92 Å². The van der Waals surface area contributed by atoms with Crippen molar-refractivity contribution in [1.29, 1.82) is 0 Å². The molecular weight excluding hydrogens is 250 g/mol. The topological polar surface area (TPSA) is 53.1 Å². The van der Waals surface area contributed by atoms with Gasteiger partial charge in [0.2, 0.25) is 0 Å². The Morgan fingerprint density at radius 3 is 3.00 bits per heavy atom. The quantitative estimate of drug-likeness (QED) is 0.933. The van der Waals surface area contributed by atoms with Crippen molar-refractivity contribution in [3.05, 3.63) is 47.3 Å². The highest BCUT2D eigenvalue weighted by molar-refractivity contribution is 5.37. The molecule has 1 aromatic heterocycles. The first-order chi connectivity index (χ1) is 9.72. The Hall–Kier alpha value is -1.81. The van der Waals surface area contributed by atoms with Gasteiger partial charge in [-0.25, -0.2) is 0 Å². The maximum absolute atomic E-state index is 6.57. The van der Waals surface area contributed by atoms with Gasteiger partial charge in [0.1, 0.15) is 0 Å². The van der Waals surface area contributed by atoms with Crippen molar-refractivity contribution in [2.45, 2.75) is 31.2 Å². The van der Waals surface area contributed by atoms with Crippen molar-refractivity contribution in [3.8, 4) is 5.75 Å². The molecule has 2 atom stereocenters. The molecule has 0 fully saturated rings. The first kappa shape index (κ1) is 13.2. The number of aromatic nitrogens is 2. The smallest absolute Gasteiger partial charge is 0.161 e. The zero-order chi connectivity index (χ0) is 14.1. The Bertz CT molecular complexity index is 606.